The average molecular weight is 415 g/mol. The van der Waals surface area contributed by atoms with Crippen LogP contribution in [0.4, 0.5) is 5.69 Å². The number of hydrogen-bond donors (Lipinski definition) is 0. The van der Waals surface area contributed by atoms with E-state index in [9.17, 15) is 0 Å². The summed E-state index contributed by atoms with van der Waals surface area (Å²) in [6.45, 7) is 9.55. The maximum absolute atomic E-state index is 6.19. The molecule has 0 aliphatic carbocycles. The summed E-state index contributed by atoms with van der Waals surface area (Å²) >= 11 is 0. The summed E-state index contributed by atoms with van der Waals surface area (Å²) in [6, 6.07) is 16.5. The summed E-state index contributed by atoms with van der Waals surface area (Å²) in [5, 5.41) is 4.55. The first-order valence-electron chi connectivity index (χ1n) is 10.6. The molecule has 0 bridgehead atoms. The molecule has 5 rings (SSSR count). The van der Waals surface area contributed by atoms with E-state index in [1.54, 1.807) is 0 Å². The minimum absolute atomic E-state index is 0.565. The van der Waals surface area contributed by atoms with Crippen LogP contribution in [0.25, 0.3) is 16.8 Å². The molecule has 0 radical (unpaired) electrons. The molecule has 2 aromatic carbocycles. The van der Waals surface area contributed by atoms with Crippen LogP contribution in [-0.2, 0) is 4.74 Å². The van der Waals surface area contributed by atoms with Gasteiger partial charge in [-0.15, -0.1) is 0 Å². The van der Waals surface area contributed by atoms with Crippen LogP contribution >= 0.6 is 0 Å². The lowest BCUT2D eigenvalue weighted by Crippen LogP contribution is -2.36. The van der Waals surface area contributed by atoms with Gasteiger partial charge in [-0.2, -0.15) is 10.1 Å². The van der Waals surface area contributed by atoms with Gasteiger partial charge < -0.3 is 14.4 Å². The molecule has 1 saturated heterocycles. The number of ether oxygens (including phenoxy) is 2. The number of aryl methyl sites for hydroxylation is 3. The number of benzene rings is 2. The van der Waals surface area contributed by atoms with Crippen molar-refractivity contribution in [2.75, 3.05) is 31.2 Å². The summed E-state index contributed by atoms with van der Waals surface area (Å²) in [5.74, 6) is 1.34. The van der Waals surface area contributed by atoms with Gasteiger partial charge in [-0.25, -0.2) is 4.52 Å². The standard InChI is InChI=1S/C25H26N4O2/c1-17-7-8-20(13-18(17)2)23-16-26-29-19(3)14-24(27-25(23)29)31-22-6-4-5-21(15-22)28-9-11-30-12-10-28/h4-8,13-16H,9-12H2,1-3H3. The Morgan fingerprint density at radius 3 is 2.58 bits per heavy atom. The van der Waals surface area contributed by atoms with Crippen molar-refractivity contribution in [1.82, 2.24) is 14.6 Å². The Morgan fingerprint density at radius 2 is 1.77 bits per heavy atom. The van der Waals surface area contributed by atoms with Crippen LogP contribution in [0.2, 0.25) is 0 Å². The van der Waals surface area contributed by atoms with Gasteiger partial charge in [-0.05, 0) is 49.6 Å². The molecule has 0 spiro atoms. The molecule has 6 heteroatoms. The smallest absolute Gasteiger partial charge is 0.223 e. The number of aromatic nitrogens is 3. The van der Waals surface area contributed by atoms with Crippen molar-refractivity contribution in [3.05, 3.63) is 71.5 Å². The molecule has 158 valence electrons. The fraction of sp³-hybridized carbons (Fsp3) is 0.280. The molecule has 1 aliphatic heterocycles. The van der Waals surface area contributed by atoms with Crippen LogP contribution in [0.1, 0.15) is 16.8 Å². The van der Waals surface area contributed by atoms with Gasteiger partial charge in [0.25, 0.3) is 0 Å². The van der Waals surface area contributed by atoms with E-state index in [2.05, 4.69) is 54.2 Å². The van der Waals surface area contributed by atoms with Crippen LogP contribution in [0.3, 0.4) is 0 Å². The summed E-state index contributed by atoms with van der Waals surface area (Å²) in [7, 11) is 0. The Labute approximate surface area is 182 Å². The highest BCUT2D eigenvalue weighted by molar-refractivity contribution is 5.78. The van der Waals surface area contributed by atoms with Gasteiger partial charge in [0.1, 0.15) is 5.75 Å². The zero-order valence-electron chi connectivity index (χ0n) is 18.1. The van der Waals surface area contributed by atoms with E-state index in [1.807, 2.05) is 35.8 Å². The second-order valence-corrected chi connectivity index (χ2v) is 8.03. The first kappa shape index (κ1) is 19.6. The molecule has 0 atom stereocenters. The molecule has 0 N–H and O–H groups in total. The topological polar surface area (TPSA) is 51.9 Å². The van der Waals surface area contributed by atoms with E-state index in [0.717, 1.165) is 60.2 Å². The van der Waals surface area contributed by atoms with E-state index in [1.165, 1.54) is 11.1 Å². The first-order valence-corrected chi connectivity index (χ1v) is 10.6. The monoisotopic (exact) mass is 414 g/mol. The van der Waals surface area contributed by atoms with E-state index in [-0.39, 0.29) is 0 Å². The summed E-state index contributed by atoms with van der Waals surface area (Å²) in [6.07, 6.45) is 1.88. The fourth-order valence-electron chi connectivity index (χ4n) is 3.94. The lowest BCUT2D eigenvalue weighted by Gasteiger charge is -2.29. The molecule has 3 heterocycles. The third kappa shape index (κ3) is 3.86. The number of fused-ring (bicyclic) bond motifs is 1. The van der Waals surface area contributed by atoms with Crippen molar-refractivity contribution in [3.8, 4) is 22.8 Å². The third-order valence-electron chi connectivity index (χ3n) is 5.86. The Hall–Kier alpha value is -3.38. The molecule has 0 amide bonds. The van der Waals surface area contributed by atoms with Gasteiger partial charge >= 0.3 is 0 Å². The van der Waals surface area contributed by atoms with Crippen molar-refractivity contribution in [2.45, 2.75) is 20.8 Å². The zero-order chi connectivity index (χ0) is 21.4. The van der Waals surface area contributed by atoms with Gasteiger partial charge in [0.2, 0.25) is 5.88 Å². The average Bonchev–Trinajstić information content (AvgIpc) is 3.21. The number of nitrogens with zero attached hydrogens (tertiary/aromatic N) is 4. The lowest BCUT2D eigenvalue weighted by atomic mass is 10.0. The molecule has 2 aromatic heterocycles. The van der Waals surface area contributed by atoms with E-state index in [4.69, 9.17) is 14.5 Å². The predicted molar refractivity (Wildman–Crippen MR) is 122 cm³/mol. The number of hydrogen-bond acceptors (Lipinski definition) is 5. The highest BCUT2D eigenvalue weighted by Gasteiger charge is 2.15. The molecule has 31 heavy (non-hydrogen) atoms. The fourth-order valence-corrected chi connectivity index (χ4v) is 3.94. The third-order valence-corrected chi connectivity index (χ3v) is 5.86. The van der Waals surface area contributed by atoms with E-state index >= 15 is 0 Å². The Balaban J connectivity index is 1.49. The minimum Gasteiger partial charge on any atom is -0.439 e. The highest BCUT2D eigenvalue weighted by atomic mass is 16.5. The zero-order valence-corrected chi connectivity index (χ0v) is 18.1. The van der Waals surface area contributed by atoms with Gasteiger partial charge in [0.05, 0.1) is 19.4 Å². The highest BCUT2D eigenvalue weighted by Crippen LogP contribution is 2.30. The molecular formula is C25H26N4O2. The maximum Gasteiger partial charge on any atom is 0.223 e. The van der Waals surface area contributed by atoms with Crippen LogP contribution in [0.15, 0.2) is 54.7 Å². The van der Waals surface area contributed by atoms with Gasteiger partial charge in [-0.3, -0.25) is 0 Å². The molecule has 0 saturated carbocycles. The van der Waals surface area contributed by atoms with Crippen molar-refractivity contribution in [1.29, 1.82) is 0 Å². The molecule has 0 unspecified atom stereocenters. The Kier molecular flexibility index (Phi) is 5.08. The van der Waals surface area contributed by atoms with Crippen molar-refractivity contribution >= 4 is 11.3 Å². The van der Waals surface area contributed by atoms with Gasteiger partial charge in [0.15, 0.2) is 5.65 Å². The molecule has 1 fully saturated rings. The second kappa shape index (κ2) is 8.04. The van der Waals surface area contributed by atoms with Crippen LogP contribution in [-0.4, -0.2) is 40.9 Å². The lowest BCUT2D eigenvalue weighted by molar-refractivity contribution is 0.122. The molecule has 1 aliphatic rings. The minimum atomic E-state index is 0.565. The summed E-state index contributed by atoms with van der Waals surface area (Å²) < 4.78 is 13.5. The first-order chi connectivity index (χ1) is 15.1. The molecule has 4 aromatic rings. The summed E-state index contributed by atoms with van der Waals surface area (Å²) in [5.41, 5.74) is 7.53. The normalized spacial score (nSPS) is 14.2. The number of rotatable bonds is 4. The Morgan fingerprint density at radius 1 is 0.935 bits per heavy atom. The van der Waals surface area contributed by atoms with E-state index in [0.29, 0.717) is 5.88 Å². The van der Waals surface area contributed by atoms with Crippen molar-refractivity contribution in [3.63, 3.8) is 0 Å². The quantitative estimate of drug-likeness (QED) is 0.473. The van der Waals surface area contributed by atoms with Crippen molar-refractivity contribution in [2.24, 2.45) is 0 Å². The van der Waals surface area contributed by atoms with E-state index < -0.39 is 0 Å². The predicted octanol–water partition coefficient (Wildman–Crippen LogP) is 4.95. The van der Waals surface area contributed by atoms with Gasteiger partial charge in [0, 0.05) is 42.2 Å². The molecule has 6 nitrogen and oxygen atoms in total. The maximum atomic E-state index is 6.19. The Bertz CT molecular complexity index is 1240. The van der Waals surface area contributed by atoms with Crippen molar-refractivity contribution < 1.29 is 9.47 Å². The summed E-state index contributed by atoms with van der Waals surface area (Å²) in [4.78, 5) is 7.12. The van der Waals surface area contributed by atoms with Crippen LogP contribution in [0, 0.1) is 20.8 Å². The second-order valence-electron chi connectivity index (χ2n) is 8.03. The SMILES string of the molecule is Cc1ccc(-c2cnn3c(C)cc(Oc4cccc(N5CCOCC5)c4)nc23)cc1C. The van der Waals surface area contributed by atoms with Crippen LogP contribution in [0.5, 0.6) is 11.6 Å². The molecular weight excluding hydrogens is 388 g/mol. The number of anilines is 1. The van der Waals surface area contributed by atoms with Crippen LogP contribution < -0.4 is 9.64 Å². The number of morpholine rings is 1. The largest absolute Gasteiger partial charge is 0.439 e. The van der Waals surface area contributed by atoms with Gasteiger partial charge in [-0.1, -0.05) is 24.3 Å².